The van der Waals surface area contributed by atoms with Crippen LogP contribution in [0.15, 0.2) is 35.5 Å². The molecule has 1 spiro atoms. The van der Waals surface area contributed by atoms with E-state index in [1.165, 1.54) is 17.7 Å². The van der Waals surface area contributed by atoms with Gasteiger partial charge in [0.05, 0.1) is 6.10 Å². The van der Waals surface area contributed by atoms with Crippen LogP contribution >= 0.6 is 0 Å². The summed E-state index contributed by atoms with van der Waals surface area (Å²) in [5, 5.41) is 13.2. The Kier molecular flexibility index (Phi) is 5.85. The van der Waals surface area contributed by atoms with Gasteiger partial charge in [0.15, 0.2) is 0 Å². The minimum atomic E-state index is -1.25. The first-order chi connectivity index (χ1) is 13.2. The Bertz CT molecular complexity index is 735. The second-order valence-electron chi connectivity index (χ2n) is 9.04. The van der Waals surface area contributed by atoms with Crippen LogP contribution in [0, 0.1) is 23.7 Å². The number of amides is 1. The van der Waals surface area contributed by atoms with Crippen LogP contribution in [0.2, 0.25) is 0 Å². The Morgan fingerprint density at radius 1 is 1.25 bits per heavy atom. The second-order valence-corrected chi connectivity index (χ2v) is 9.04. The van der Waals surface area contributed by atoms with E-state index >= 15 is 0 Å². The van der Waals surface area contributed by atoms with Gasteiger partial charge >= 0.3 is 5.97 Å². The van der Waals surface area contributed by atoms with Gasteiger partial charge in [-0.3, -0.25) is 4.79 Å². The van der Waals surface area contributed by atoms with Gasteiger partial charge in [-0.1, -0.05) is 44.1 Å². The van der Waals surface area contributed by atoms with Crippen molar-refractivity contribution in [2.75, 3.05) is 0 Å². The summed E-state index contributed by atoms with van der Waals surface area (Å²) in [5.41, 5.74) is 1.13. The number of allylic oxidation sites excluding steroid dienone is 2. The van der Waals surface area contributed by atoms with Crippen molar-refractivity contribution < 1.29 is 19.4 Å². The van der Waals surface area contributed by atoms with E-state index in [2.05, 4.69) is 45.2 Å². The van der Waals surface area contributed by atoms with E-state index in [1.54, 1.807) is 0 Å². The molecule has 1 saturated heterocycles. The lowest BCUT2D eigenvalue weighted by Crippen LogP contribution is -2.56. The number of hydrogen-bond acceptors (Lipinski definition) is 4. The van der Waals surface area contributed by atoms with Gasteiger partial charge in [0.25, 0.3) is 5.91 Å². The quantitative estimate of drug-likeness (QED) is 0.535. The van der Waals surface area contributed by atoms with Gasteiger partial charge in [-0.15, -0.1) is 0 Å². The Morgan fingerprint density at radius 2 is 1.96 bits per heavy atom. The highest BCUT2D eigenvalue weighted by Gasteiger charge is 2.64. The first kappa shape index (κ1) is 20.8. The second kappa shape index (κ2) is 7.86. The van der Waals surface area contributed by atoms with E-state index in [4.69, 9.17) is 4.74 Å². The summed E-state index contributed by atoms with van der Waals surface area (Å²) < 4.78 is 6.01. The number of aliphatic hydroxyl groups excluding tert-OH is 1. The summed E-state index contributed by atoms with van der Waals surface area (Å²) in [6.07, 6.45) is 8.52. The molecular weight excluding hydrogens is 354 g/mol. The average molecular weight is 388 g/mol. The number of hydrogen-bond donors (Lipinski definition) is 2. The monoisotopic (exact) mass is 387 g/mol. The van der Waals surface area contributed by atoms with E-state index < -0.39 is 17.7 Å². The first-order valence-electron chi connectivity index (χ1n) is 10.4. The van der Waals surface area contributed by atoms with Gasteiger partial charge < -0.3 is 15.2 Å². The molecule has 28 heavy (non-hydrogen) atoms. The molecule has 2 aliphatic heterocycles. The van der Waals surface area contributed by atoms with Crippen LogP contribution in [-0.2, 0) is 14.3 Å². The number of rotatable bonds is 1. The highest BCUT2D eigenvalue weighted by molar-refractivity contribution is 5.94. The van der Waals surface area contributed by atoms with Gasteiger partial charge in [0.1, 0.15) is 0 Å². The molecule has 1 fully saturated rings. The number of carbonyl (C=O) groups is 2. The molecule has 2 N–H and O–H groups in total. The molecule has 154 valence electrons. The van der Waals surface area contributed by atoms with Crippen LogP contribution in [0.1, 0.15) is 53.9 Å². The number of carbonyl (C=O) groups excluding carboxylic acids is 2. The molecule has 0 saturated carbocycles. The van der Waals surface area contributed by atoms with Crippen LogP contribution in [0.3, 0.4) is 0 Å². The first-order valence-corrected chi connectivity index (χ1v) is 10.4. The summed E-state index contributed by atoms with van der Waals surface area (Å²) >= 11 is 0. The standard InChI is InChI=1S/C23H33NO4/c1-13(2)21-20-16(5)15(4)12-17-11-14(3)7-6-8-18(25)9-10-19(26)28-23(17,20)22(27)24-21/h9-13,16-18,20-21,25H,6-8H2,1-5H3,(H,24,27)/b10-9+,14-11+/t16-,17+,18-,20+,21+,23-/m1/s1. The molecule has 5 nitrogen and oxygen atoms in total. The van der Waals surface area contributed by atoms with Crippen molar-refractivity contribution in [3.63, 3.8) is 0 Å². The largest absolute Gasteiger partial charge is 0.444 e. The van der Waals surface area contributed by atoms with Crippen molar-refractivity contribution in [2.45, 2.75) is 71.6 Å². The van der Waals surface area contributed by atoms with Crippen molar-refractivity contribution in [1.82, 2.24) is 5.32 Å². The fourth-order valence-corrected chi connectivity index (χ4v) is 5.07. The van der Waals surface area contributed by atoms with E-state index in [1.807, 2.05) is 6.92 Å². The molecule has 3 rings (SSSR count). The average Bonchev–Trinajstić information content (AvgIpc) is 2.91. The molecule has 6 atom stereocenters. The number of aliphatic hydroxyl groups is 1. The van der Waals surface area contributed by atoms with E-state index in [9.17, 15) is 14.7 Å². The minimum Gasteiger partial charge on any atom is -0.444 e. The summed E-state index contributed by atoms with van der Waals surface area (Å²) in [7, 11) is 0. The Balaban J connectivity index is 2.16. The molecule has 0 aromatic carbocycles. The zero-order valence-electron chi connectivity index (χ0n) is 17.6. The molecule has 1 aliphatic carbocycles. The van der Waals surface area contributed by atoms with Crippen LogP contribution in [0.25, 0.3) is 0 Å². The van der Waals surface area contributed by atoms with Crippen molar-refractivity contribution in [3.05, 3.63) is 35.5 Å². The van der Waals surface area contributed by atoms with Crippen molar-refractivity contribution in [3.8, 4) is 0 Å². The maximum absolute atomic E-state index is 13.3. The summed E-state index contributed by atoms with van der Waals surface area (Å²) in [5.74, 6) is -0.861. The Labute approximate surface area is 167 Å². The van der Waals surface area contributed by atoms with Crippen LogP contribution < -0.4 is 5.32 Å². The third-order valence-corrected chi connectivity index (χ3v) is 6.71. The van der Waals surface area contributed by atoms with E-state index in [0.29, 0.717) is 6.42 Å². The summed E-state index contributed by atoms with van der Waals surface area (Å²) in [6, 6.07) is -0.0577. The molecule has 0 aromatic heterocycles. The molecule has 0 bridgehead atoms. The molecular formula is C23H33NO4. The van der Waals surface area contributed by atoms with Crippen molar-refractivity contribution in [1.29, 1.82) is 0 Å². The van der Waals surface area contributed by atoms with Crippen molar-refractivity contribution >= 4 is 11.9 Å². The summed E-state index contributed by atoms with van der Waals surface area (Å²) in [6.45, 7) is 10.4. The zero-order valence-corrected chi connectivity index (χ0v) is 17.6. The number of nitrogens with one attached hydrogen (secondary N) is 1. The molecule has 2 heterocycles. The predicted octanol–water partition coefficient (Wildman–Crippen LogP) is 3.30. The van der Waals surface area contributed by atoms with Crippen LogP contribution in [0.4, 0.5) is 0 Å². The maximum Gasteiger partial charge on any atom is 0.331 e. The third kappa shape index (κ3) is 3.57. The highest BCUT2D eigenvalue weighted by atomic mass is 16.6. The molecule has 3 aliphatic rings. The topological polar surface area (TPSA) is 75.6 Å². The Morgan fingerprint density at radius 3 is 2.64 bits per heavy atom. The summed E-state index contributed by atoms with van der Waals surface area (Å²) in [4.78, 5) is 26.0. The van der Waals surface area contributed by atoms with Gasteiger partial charge in [0.2, 0.25) is 5.60 Å². The molecule has 0 unspecified atom stereocenters. The van der Waals surface area contributed by atoms with Crippen LogP contribution in [-0.4, -0.2) is 34.7 Å². The fourth-order valence-electron chi connectivity index (χ4n) is 5.07. The lowest BCUT2D eigenvalue weighted by atomic mass is 9.62. The molecule has 5 heteroatoms. The number of ether oxygens (including phenoxy) is 1. The smallest absolute Gasteiger partial charge is 0.331 e. The van der Waals surface area contributed by atoms with Crippen molar-refractivity contribution in [2.24, 2.45) is 23.7 Å². The normalized spacial score (nSPS) is 42.0. The van der Waals surface area contributed by atoms with Crippen LogP contribution in [0.5, 0.6) is 0 Å². The lowest BCUT2D eigenvalue weighted by Gasteiger charge is -2.45. The predicted molar refractivity (Wildman–Crippen MR) is 108 cm³/mol. The number of esters is 1. The molecule has 1 amide bonds. The van der Waals surface area contributed by atoms with Gasteiger partial charge in [-0.2, -0.15) is 0 Å². The Hall–Kier alpha value is -1.88. The zero-order chi connectivity index (χ0) is 20.6. The fraction of sp³-hybridized carbons (Fsp3) is 0.652. The highest BCUT2D eigenvalue weighted by Crippen LogP contribution is 2.51. The molecule has 0 aromatic rings. The third-order valence-electron chi connectivity index (χ3n) is 6.71. The minimum absolute atomic E-state index is 0.0577. The van der Waals surface area contributed by atoms with E-state index in [-0.39, 0.29) is 35.6 Å². The van der Waals surface area contributed by atoms with E-state index in [0.717, 1.165) is 18.4 Å². The van der Waals surface area contributed by atoms with Gasteiger partial charge in [-0.05, 0) is 51.0 Å². The van der Waals surface area contributed by atoms with Gasteiger partial charge in [-0.25, -0.2) is 4.79 Å². The maximum atomic E-state index is 13.3. The molecule has 0 radical (unpaired) electrons. The lowest BCUT2D eigenvalue weighted by molar-refractivity contribution is -0.172. The van der Waals surface area contributed by atoms with Gasteiger partial charge in [0, 0.05) is 24.0 Å². The SMILES string of the molecule is CC1=C[C@@H]2/C=C(\C)CCC[C@@H](O)/C=C/C(=O)O[C@]23C(=O)N[C@@H](C(C)C)[C@@H]3[C@@H]1C.